The van der Waals surface area contributed by atoms with Gasteiger partial charge in [0.25, 0.3) is 0 Å². The zero-order valence-electron chi connectivity index (χ0n) is 17.7. The largest absolute Gasteiger partial charge is 0.493 e. The van der Waals surface area contributed by atoms with Crippen molar-refractivity contribution < 1.29 is 23.4 Å². The molecule has 4 rings (SSSR count). The lowest BCUT2D eigenvalue weighted by molar-refractivity contribution is -0.129. The second-order valence-corrected chi connectivity index (χ2v) is 8.78. The molecule has 0 saturated heterocycles. The van der Waals surface area contributed by atoms with Crippen LogP contribution in [0.15, 0.2) is 65.3 Å². The monoisotopic (exact) mass is 577 g/mol. The van der Waals surface area contributed by atoms with Gasteiger partial charge in [0.1, 0.15) is 12.4 Å². The lowest BCUT2D eigenvalue weighted by Gasteiger charge is -2.13. The summed E-state index contributed by atoms with van der Waals surface area (Å²) >= 11 is 8.64. The Bertz CT molecular complexity index is 1310. The zero-order valence-corrected chi connectivity index (χ0v) is 20.6. The summed E-state index contributed by atoms with van der Waals surface area (Å²) in [7, 11) is 1.47. The molecule has 33 heavy (non-hydrogen) atoms. The second-order valence-electron chi connectivity index (χ2n) is 7.21. The summed E-state index contributed by atoms with van der Waals surface area (Å²) in [6.45, 7) is 1.98. The minimum atomic E-state index is -0.560. The van der Waals surface area contributed by atoms with Crippen LogP contribution in [-0.2, 0) is 16.1 Å². The Morgan fingerprint density at radius 3 is 2.70 bits per heavy atom. The minimum Gasteiger partial charge on any atom is -0.493 e. The van der Waals surface area contributed by atoms with Gasteiger partial charge in [-0.3, -0.25) is 0 Å². The minimum absolute atomic E-state index is 0.0154. The van der Waals surface area contributed by atoms with Gasteiger partial charge in [0.15, 0.2) is 17.2 Å². The number of rotatable bonds is 6. The lowest BCUT2D eigenvalue weighted by atomic mass is 10.1. The van der Waals surface area contributed by atoms with Crippen LogP contribution < -0.4 is 9.47 Å². The van der Waals surface area contributed by atoms with Crippen LogP contribution in [0.1, 0.15) is 22.3 Å². The molecule has 168 valence electrons. The molecule has 0 spiro atoms. The van der Waals surface area contributed by atoms with Crippen LogP contribution in [0.5, 0.6) is 11.5 Å². The number of carbonyl (C=O) groups excluding carboxylic acids is 1. The first-order valence-corrected chi connectivity index (χ1v) is 11.3. The van der Waals surface area contributed by atoms with E-state index in [1.54, 1.807) is 36.4 Å². The highest BCUT2D eigenvalue weighted by atomic mass is 127. The highest BCUT2D eigenvalue weighted by Crippen LogP contribution is 2.38. The van der Waals surface area contributed by atoms with E-state index in [0.29, 0.717) is 22.4 Å². The summed E-state index contributed by atoms with van der Waals surface area (Å²) in [5.41, 5.74) is 2.95. The molecule has 3 aromatic rings. The zero-order chi connectivity index (χ0) is 23.5. The Balaban J connectivity index is 1.60. The summed E-state index contributed by atoms with van der Waals surface area (Å²) in [5.74, 6) is -0.0698. The average molecular weight is 578 g/mol. The van der Waals surface area contributed by atoms with E-state index < -0.39 is 5.97 Å². The van der Waals surface area contributed by atoms with Crippen molar-refractivity contribution in [2.75, 3.05) is 7.11 Å². The lowest BCUT2D eigenvalue weighted by Crippen LogP contribution is -2.05. The first-order chi connectivity index (χ1) is 15.9. The van der Waals surface area contributed by atoms with Gasteiger partial charge in [-0.25, -0.2) is 14.2 Å². The van der Waals surface area contributed by atoms with Crippen molar-refractivity contribution >= 4 is 52.1 Å². The number of hydrogen-bond acceptors (Lipinski definition) is 5. The van der Waals surface area contributed by atoms with E-state index in [-0.39, 0.29) is 34.8 Å². The summed E-state index contributed by atoms with van der Waals surface area (Å²) < 4.78 is 31.4. The molecule has 0 saturated carbocycles. The van der Waals surface area contributed by atoms with E-state index in [1.807, 2.05) is 25.1 Å². The average Bonchev–Trinajstić information content (AvgIpc) is 3.15. The number of carbonyl (C=O) groups is 1. The van der Waals surface area contributed by atoms with Gasteiger partial charge in [-0.2, -0.15) is 0 Å². The number of halogens is 3. The standard InChI is InChI=1S/C25H18ClFINO4/c1-14-7-8-16(12-20(14)28)24-29-21(25(30)33-24)10-15-9-18(26)23(22(11-15)31-2)32-13-17-5-3-4-6-19(17)27/h3-12H,13H2,1-2H3/b21-10-. The van der Waals surface area contributed by atoms with Gasteiger partial charge >= 0.3 is 5.97 Å². The molecule has 1 aliphatic heterocycles. The molecule has 0 aliphatic carbocycles. The Morgan fingerprint density at radius 1 is 1.18 bits per heavy atom. The van der Waals surface area contributed by atoms with E-state index in [1.165, 1.54) is 13.2 Å². The van der Waals surface area contributed by atoms with Crippen molar-refractivity contribution in [1.82, 2.24) is 0 Å². The van der Waals surface area contributed by atoms with E-state index in [2.05, 4.69) is 27.6 Å². The number of ether oxygens (including phenoxy) is 3. The van der Waals surface area contributed by atoms with Crippen LogP contribution in [0.4, 0.5) is 4.39 Å². The van der Waals surface area contributed by atoms with Crippen molar-refractivity contribution in [1.29, 1.82) is 0 Å². The molecule has 0 atom stereocenters. The van der Waals surface area contributed by atoms with Crippen molar-refractivity contribution in [2.24, 2.45) is 4.99 Å². The number of esters is 1. The molecule has 1 aliphatic rings. The van der Waals surface area contributed by atoms with E-state index in [0.717, 1.165) is 9.13 Å². The molecule has 0 aromatic heterocycles. The van der Waals surface area contributed by atoms with Crippen LogP contribution in [0.2, 0.25) is 5.02 Å². The van der Waals surface area contributed by atoms with Gasteiger partial charge in [-0.15, -0.1) is 0 Å². The fourth-order valence-corrected chi connectivity index (χ4v) is 3.93. The SMILES string of the molecule is COc1cc(/C=C2\N=C(c3ccc(C)c(I)c3)OC2=O)cc(Cl)c1OCc1ccccc1F. The molecule has 5 nitrogen and oxygen atoms in total. The fraction of sp³-hybridized carbons (Fsp3) is 0.120. The number of aryl methyl sites for hydroxylation is 1. The summed E-state index contributed by atoms with van der Waals surface area (Å²) in [6.07, 6.45) is 1.56. The first-order valence-electron chi connectivity index (χ1n) is 9.88. The van der Waals surface area contributed by atoms with Gasteiger partial charge in [0.05, 0.1) is 12.1 Å². The molecule has 0 bridgehead atoms. The highest BCUT2D eigenvalue weighted by molar-refractivity contribution is 14.1. The van der Waals surface area contributed by atoms with E-state index in [4.69, 9.17) is 25.8 Å². The number of methoxy groups -OCH3 is 1. The fourth-order valence-electron chi connectivity index (χ4n) is 3.14. The molecule has 0 fully saturated rings. The molecule has 0 radical (unpaired) electrons. The topological polar surface area (TPSA) is 57.1 Å². The molecule has 0 unspecified atom stereocenters. The van der Waals surface area contributed by atoms with E-state index in [9.17, 15) is 9.18 Å². The Labute approximate surface area is 209 Å². The molecule has 8 heteroatoms. The summed E-state index contributed by atoms with van der Waals surface area (Å²) in [4.78, 5) is 16.7. The number of nitrogens with zero attached hydrogens (tertiary/aromatic N) is 1. The number of hydrogen-bond donors (Lipinski definition) is 0. The van der Waals surface area contributed by atoms with Crippen molar-refractivity contribution in [3.63, 3.8) is 0 Å². The molecular weight excluding hydrogens is 560 g/mol. The van der Waals surface area contributed by atoms with E-state index >= 15 is 0 Å². The van der Waals surface area contributed by atoms with Gasteiger partial charge in [-0.1, -0.05) is 35.9 Å². The third-order valence-electron chi connectivity index (χ3n) is 4.92. The maximum atomic E-state index is 13.9. The van der Waals surface area contributed by atoms with Crippen molar-refractivity contribution in [3.8, 4) is 11.5 Å². The normalized spacial score (nSPS) is 14.3. The number of benzene rings is 3. The quantitative estimate of drug-likeness (QED) is 0.195. The third kappa shape index (κ3) is 5.20. The van der Waals surface area contributed by atoms with Crippen molar-refractivity contribution in [2.45, 2.75) is 13.5 Å². The molecule has 0 N–H and O–H groups in total. The van der Waals surface area contributed by atoms with Gasteiger partial charge in [0, 0.05) is 14.7 Å². The highest BCUT2D eigenvalue weighted by Gasteiger charge is 2.25. The predicted octanol–water partition coefficient (Wildman–Crippen LogP) is 6.32. The van der Waals surface area contributed by atoms with Gasteiger partial charge in [-0.05, 0) is 77.0 Å². The third-order valence-corrected chi connectivity index (χ3v) is 6.37. The van der Waals surface area contributed by atoms with Gasteiger partial charge < -0.3 is 14.2 Å². The second kappa shape index (κ2) is 9.93. The molecular formula is C25H18ClFINO4. The number of aliphatic imine (C=N–C) groups is 1. The molecule has 1 heterocycles. The predicted molar refractivity (Wildman–Crippen MR) is 133 cm³/mol. The number of cyclic esters (lactones) is 1. The molecule has 0 amide bonds. The molecule has 3 aromatic carbocycles. The maximum absolute atomic E-state index is 13.9. The maximum Gasteiger partial charge on any atom is 0.363 e. The van der Waals surface area contributed by atoms with Gasteiger partial charge in [0.2, 0.25) is 5.90 Å². The Morgan fingerprint density at radius 2 is 1.97 bits per heavy atom. The smallest absolute Gasteiger partial charge is 0.363 e. The first kappa shape index (κ1) is 23.3. The van der Waals surface area contributed by atoms with Crippen LogP contribution in [-0.4, -0.2) is 19.0 Å². The van der Waals surface area contributed by atoms with Crippen molar-refractivity contribution in [3.05, 3.63) is 97.0 Å². The summed E-state index contributed by atoms with van der Waals surface area (Å²) in [5, 5.41) is 0.251. The Kier molecular flexibility index (Phi) is 6.99. The van der Waals surface area contributed by atoms with Crippen LogP contribution >= 0.6 is 34.2 Å². The van der Waals surface area contributed by atoms with Crippen LogP contribution in [0, 0.1) is 16.3 Å². The summed E-state index contributed by atoms with van der Waals surface area (Å²) in [6, 6.07) is 15.3. The van der Waals surface area contributed by atoms with Crippen LogP contribution in [0.3, 0.4) is 0 Å². The van der Waals surface area contributed by atoms with Crippen LogP contribution in [0.25, 0.3) is 6.08 Å². The Hall–Kier alpha value is -2.91.